The van der Waals surface area contributed by atoms with Crippen molar-refractivity contribution in [1.29, 1.82) is 0 Å². The van der Waals surface area contributed by atoms with E-state index in [1.165, 1.54) is 16.9 Å². The molecule has 0 aliphatic carbocycles. The highest BCUT2D eigenvalue weighted by Gasteiger charge is 2.26. The van der Waals surface area contributed by atoms with Crippen molar-refractivity contribution in [3.8, 4) is 0 Å². The Morgan fingerprint density at radius 1 is 1.26 bits per heavy atom. The molecule has 0 aromatic heterocycles. The molecule has 1 nitrogen and oxygen atoms in total. The molecule has 0 saturated carbocycles. The van der Waals surface area contributed by atoms with Gasteiger partial charge in [-0.15, -0.1) is 0 Å². The van der Waals surface area contributed by atoms with Gasteiger partial charge in [-0.1, -0.05) is 51.8 Å². The van der Waals surface area contributed by atoms with E-state index in [2.05, 4.69) is 70.2 Å². The van der Waals surface area contributed by atoms with Crippen LogP contribution in [0.15, 0.2) is 42.5 Å². The van der Waals surface area contributed by atoms with Gasteiger partial charge in [0.1, 0.15) is 0 Å². The number of fused-ring (bicyclic) bond motifs is 1. The molecule has 1 heterocycles. The molecule has 0 bridgehead atoms. The van der Waals surface area contributed by atoms with Crippen LogP contribution in [0.1, 0.15) is 18.1 Å². The molecule has 0 fully saturated rings. The van der Waals surface area contributed by atoms with Crippen molar-refractivity contribution in [1.82, 2.24) is 0 Å². The van der Waals surface area contributed by atoms with E-state index in [0.29, 0.717) is 6.04 Å². The van der Waals surface area contributed by atoms with Gasteiger partial charge in [0.2, 0.25) is 0 Å². The number of hydrogen-bond acceptors (Lipinski definition) is 1. The van der Waals surface area contributed by atoms with Crippen molar-refractivity contribution < 1.29 is 0 Å². The number of benzene rings is 2. The van der Waals surface area contributed by atoms with Crippen molar-refractivity contribution >= 4 is 38.9 Å². The fourth-order valence-corrected chi connectivity index (χ4v) is 3.65. The molecule has 19 heavy (non-hydrogen) atoms. The molecule has 1 aliphatic rings. The van der Waals surface area contributed by atoms with Crippen LogP contribution < -0.4 is 4.90 Å². The van der Waals surface area contributed by atoms with Gasteiger partial charge in [0, 0.05) is 27.8 Å². The normalized spacial score (nSPS) is 17.6. The minimum Gasteiger partial charge on any atom is -0.338 e. The van der Waals surface area contributed by atoms with E-state index in [1.54, 1.807) is 0 Å². The molecule has 3 rings (SSSR count). The topological polar surface area (TPSA) is 3.24 Å². The van der Waals surface area contributed by atoms with E-state index in [0.717, 1.165) is 22.3 Å². The van der Waals surface area contributed by atoms with E-state index >= 15 is 0 Å². The highest BCUT2D eigenvalue weighted by atomic mass is 79.9. The van der Waals surface area contributed by atoms with Gasteiger partial charge in [-0.3, -0.25) is 0 Å². The molecule has 0 saturated heterocycles. The zero-order valence-electron chi connectivity index (χ0n) is 10.7. The fourth-order valence-electron chi connectivity index (χ4n) is 2.75. The van der Waals surface area contributed by atoms with Crippen molar-refractivity contribution in [2.24, 2.45) is 0 Å². The first-order valence-electron chi connectivity index (χ1n) is 6.42. The van der Waals surface area contributed by atoms with Crippen LogP contribution in [0.25, 0.3) is 0 Å². The van der Waals surface area contributed by atoms with Gasteiger partial charge in [-0.2, -0.15) is 0 Å². The Labute approximate surface area is 127 Å². The Morgan fingerprint density at radius 3 is 2.79 bits per heavy atom. The Kier molecular flexibility index (Phi) is 3.55. The van der Waals surface area contributed by atoms with Crippen LogP contribution >= 0.6 is 27.5 Å². The third kappa shape index (κ3) is 2.28. The second-order valence-electron chi connectivity index (χ2n) is 4.96. The summed E-state index contributed by atoms with van der Waals surface area (Å²) in [6.45, 7) is 2.26. The van der Waals surface area contributed by atoms with Crippen LogP contribution in [-0.2, 0) is 11.8 Å². The molecule has 1 aliphatic heterocycles. The van der Waals surface area contributed by atoms with Crippen LogP contribution in [0, 0.1) is 0 Å². The number of para-hydroxylation sites is 1. The van der Waals surface area contributed by atoms with Gasteiger partial charge >= 0.3 is 0 Å². The molecule has 0 N–H and O–H groups in total. The summed E-state index contributed by atoms with van der Waals surface area (Å²) in [5, 5.41) is 1.61. The number of halogens is 2. The van der Waals surface area contributed by atoms with Gasteiger partial charge in [-0.25, -0.2) is 0 Å². The van der Waals surface area contributed by atoms with Crippen LogP contribution in [0.2, 0.25) is 5.02 Å². The number of anilines is 2. The predicted octanol–water partition coefficient (Wildman–Crippen LogP) is 5.32. The maximum Gasteiger partial charge on any atom is 0.0467 e. The highest BCUT2D eigenvalue weighted by Crippen LogP contribution is 2.39. The SMILES string of the molecule is CC1Cc2ccccc2N1c1ccc(CBr)c(Cl)c1. The maximum absolute atomic E-state index is 6.33. The van der Waals surface area contributed by atoms with Crippen molar-refractivity contribution in [2.75, 3.05) is 4.90 Å². The first-order chi connectivity index (χ1) is 9.20. The molecule has 2 aromatic carbocycles. The Morgan fingerprint density at radius 2 is 2.05 bits per heavy atom. The molecule has 0 radical (unpaired) electrons. The molecular weight excluding hydrogens is 322 g/mol. The second kappa shape index (κ2) is 5.18. The second-order valence-corrected chi connectivity index (χ2v) is 5.93. The molecule has 3 heteroatoms. The molecule has 0 amide bonds. The van der Waals surface area contributed by atoms with Gasteiger partial charge < -0.3 is 4.90 Å². The van der Waals surface area contributed by atoms with Gasteiger partial charge in [0.25, 0.3) is 0 Å². The van der Waals surface area contributed by atoms with E-state index in [9.17, 15) is 0 Å². The molecule has 1 unspecified atom stereocenters. The summed E-state index contributed by atoms with van der Waals surface area (Å²) in [4.78, 5) is 2.37. The first-order valence-corrected chi connectivity index (χ1v) is 7.92. The Balaban J connectivity index is 2.05. The molecule has 2 aromatic rings. The van der Waals surface area contributed by atoms with E-state index in [1.807, 2.05) is 0 Å². The van der Waals surface area contributed by atoms with Gasteiger partial charge in [0.05, 0.1) is 0 Å². The average molecular weight is 337 g/mol. The first kappa shape index (κ1) is 13.0. The minimum absolute atomic E-state index is 0.475. The molecule has 1 atom stereocenters. The lowest BCUT2D eigenvalue weighted by atomic mass is 10.1. The number of hydrogen-bond donors (Lipinski definition) is 0. The lowest BCUT2D eigenvalue weighted by Gasteiger charge is -2.25. The highest BCUT2D eigenvalue weighted by molar-refractivity contribution is 9.08. The number of rotatable bonds is 2. The summed E-state index contributed by atoms with van der Waals surface area (Å²) in [6, 6.07) is 15.4. The quantitative estimate of drug-likeness (QED) is 0.671. The number of nitrogens with zero attached hydrogens (tertiary/aromatic N) is 1. The van der Waals surface area contributed by atoms with E-state index in [-0.39, 0.29) is 0 Å². The molecule has 98 valence electrons. The predicted molar refractivity (Wildman–Crippen MR) is 85.8 cm³/mol. The molecular formula is C16H15BrClN. The van der Waals surface area contributed by atoms with Crippen LogP contribution in [-0.4, -0.2) is 6.04 Å². The van der Waals surface area contributed by atoms with Gasteiger partial charge in [-0.05, 0) is 42.7 Å². The summed E-state index contributed by atoms with van der Waals surface area (Å²) >= 11 is 9.78. The molecule has 0 spiro atoms. The summed E-state index contributed by atoms with van der Waals surface area (Å²) in [5.74, 6) is 0. The standard InChI is InChI=1S/C16H15BrClN/c1-11-8-12-4-2-3-5-16(12)19(11)14-7-6-13(10-17)15(18)9-14/h2-7,9,11H,8,10H2,1H3. The van der Waals surface area contributed by atoms with Crippen molar-refractivity contribution in [3.63, 3.8) is 0 Å². The maximum atomic E-state index is 6.33. The summed E-state index contributed by atoms with van der Waals surface area (Å²) in [6.07, 6.45) is 1.09. The van der Waals surface area contributed by atoms with Crippen molar-refractivity contribution in [2.45, 2.75) is 24.7 Å². The van der Waals surface area contributed by atoms with Crippen LogP contribution in [0.4, 0.5) is 11.4 Å². The Hall–Kier alpha value is -0.990. The minimum atomic E-state index is 0.475. The summed E-state index contributed by atoms with van der Waals surface area (Å²) in [5.41, 5.74) is 5.02. The van der Waals surface area contributed by atoms with E-state index in [4.69, 9.17) is 11.6 Å². The zero-order valence-corrected chi connectivity index (χ0v) is 13.1. The zero-order chi connectivity index (χ0) is 13.4. The van der Waals surface area contributed by atoms with Gasteiger partial charge in [0.15, 0.2) is 0 Å². The lowest BCUT2D eigenvalue weighted by molar-refractivity contribution is 0.759. The number of alkyl halides is 1. The monoisotopic (exact) mass is 335 g/mol. The van der Waals surface area contributed by atoms with Crippen molar-refractivity contribution in [3.05, 3.63) is 58.6 Å². The summed E-state index contributed by atoms with van der Waals surface area (Å²) in [7, 11) is 0. The van der Waals surface area contributed by atoms with Crippen LogP contribution in [0.5, 0.6) is 0 Å². The van der Waals surface area contributed by atoms with E-state index < -0.39 is 0 Å². The summed E-state index contributed by atoms with van der Waals surface area (Å²) < 4.78 is 0. The largest absolute Gasteiger partial charge is 0.338 e. The fraction of sp³-hybridized carbons (Fsp3) is 0.250. The Bertz CT molecular complexity index is 611. The lowest BCUT2D eigenvalue weighted by Crippen LogP contribution is -2.23. The third-order valence-electron chi connectivity index (χ3n) is 3.67. The third-order valence-corrected chi connectivity index (χ3v) is 4.62. The van der Waals surface area contributed by atoms with Crippen LogP contribution in [0.3, 0.4) is 0 Å². The average Bonchev–Trinajstić information content (AvgIpc) is 2.74. The smallest absolute Gasteiger partial charge is 0.0467 e.